The van der Waals surface area contributed by atoms with Crippen molar-refractivity contribution in [1.82, 2.24) is 0 Å². The Balaban J connectivity index is 2.81. The second-order valence-corrected chi connectivity index (χ2v) is 2.88. The third-order valence-corrected chi connectivity index (χ3v) is 1.86. The van der Waals surface area contributed by atoms with Gasteiger partial charge in [-0.2, -0.15) is 0 Å². The van der Waals surface area contributed by atoms with Crippen LogP contribution in [0.4, 0.5) is 0 Å². The molecule has 1 aromatic carbocycles. The second-order valence-electron chi connectivity index (χ2n) is 2.45. The van der Waals surface area contributed by atoms with Crippen LogP contribution in [0.25, 0.3) is 0 Å². The molecule has 0 saturated heterocycles. The molecule has 0 bridgehead atoms. The van der Waals surface area contributed by atoms with Crippen LogP contribution in [-0.2, 0) is 5.11 Å². The van der Waals surface area contributed by atoms with E-state index in [4.69, 9.17) is 11.6 Å². The Kier molecular flexibility index (Phi) is 2.92. The molecule has 1 rings (SSSR count). The molecule has 1 unspecified atom stereocenters. The molecule has 0 N–H and O–H groups in total. The first-order chi connectivity index (χ1) is 5.24. The first-order valence-corrected chi connectivity index (χ1v) is 4.03. The second kappa shape index (κ2) is 3.74. The van der Waals surface area contributed by atoms with Crippen molar-refractivity contribution in [3.05, 3.63) is 34.9 Å². The lowest BCUT2D eigenvalue weighted by molar-refractivity contribution is 0.0857. The van der Waals surface area contributed by atoms with Crippen molar-refractivity contribution in [3.63, 3.8) is 0 Å². The molecule has 11 heavy (non-hydrogen) atoms. The predicted molar refractivity (Wildman–Crippen MR) is 45.2 cm³/mol. The molecule has 0 aliphatic heterocycles. The summed E-state index contributed by atoms with van der Waals surface area (Å²) in [5.41, 5.74) is 0.817. The van der Waals surface area contributed by atoms with Crippen LogP contribution in [0.5, 0.6) is 0 Å². The lowest BCUT2D eigenvalue weighted by Gasteiger charge is -2.04. The summed E-state index contributed by atoms with van der Waals surface area (Å²) in [6.07, 6.45) is 0.0222. The molecule has 0 aliphatic carbocycles. The molecule has 1 atom stereocenters. The molecule has 1 radical (unpaired) electrons. The van der Waals surface area contributed by atoms with E-state index in [2.05, 4.69) is 0 Å². The smallest absolute Gasteiger partial charge is 0.118 e. The number of hydrogen-bond donors (Lipinski definition) is 0. The zero-order valence-electron chi connectivity index (χ0n) is 6.38. The van der Waals surface area contributed by atoms with Crippen LogP contribution in [0.3, 0.4) is 0 Å². The highest BCUT2D eigenvalue weighted by Gasteiger charge is 2.04. The average Bonchev–Trinajstić information content (AvgIpc) is 2.05. The number of rotatable bonds is 2. The SMILES string of the molecule is CCC([O])c1ccc(Cl)cc1. The zero-order valence-corrected chi connectivity index (χ0v) is 7.14. The molecule has 0 fully saturated rings. The molecule has 1 nitrogen and oxygen atoms in total. The molecule has 0 spiro atoms. The predicted octanol–water partition coefficient (Wildman–Crippen LogP) is 3.22. The van der Waals surface area contributed by atoms with Crippen LogP contribution < -0.4 is 0 Å². The van der Waals surface area contributed by atoms with Crippen molar-refractivity contribution in [1.29, 1.82) is 0 Å². The third-order valence-electron chi connectivity index (χ3n) is 1.61. The minimum Gasteiger partial charge on any atom is -0.228 e. The maximum absolute atomic E-state index is 11.2. The van der Waals surface area contributed by atoms with E-state index in [-0.39, 0.29) is 0 Å². The van der Waals surface area contributed by atoms with Gasteiger partial charge in [-0.3, -0.25) is 0 Å². The third kappa shape index (κ3) is 2.21. The number of hydrogen-bond acceptors (Lipinski definition) is 0. The van der Waals surface area contributed by atoms with Crippen LogP contribution in [0, 0.1) is 0 Å². The van der Waals surface area contributed by atoms with Gasteiger partial charge >= 0.3 is 0 Å². The van der Waals surface area contributed by atoms with Gasteiger partial charge in [-0.05, 0) is 24.1 Å². The first kappa shape index (κ1) is 8.57. The Bertz CT molecular complexity index is 218. The molecule has 2 heteroatoms. The van der Waals surface area contributed by atoms with Crippen LogP contribution in [-0.4, -0.2) is 0 Å². The topological polar surface area (TPSA) is 19.9 Å². The summed E-state index contributed by atoms with van der Waals surface area (Å²) in [5.74, 6) is 0. The van der Waals surface area contributed by atoms with Gasteiger partial charge in [0, 0.05) is 5.02 Å². The van der Waals surface area contributed by atoms with Gasteiger partial charge in [0.25, 0.3) is 0 Å². The van der Waals surface area contributed by atoms with Gasteiger partial charge in [0.2, 0.25) is 0 Å². The standard InChI is InChI=1S/C9H10ClO/c1-2-9(11)7-3-5-8(10)6-4-7/h3-6,9H,2H2,1H3. The molecule has 1 aromatic rings. The Hall–Kier alpha value is -0.530. The maximum Gasteiger partial charge on any atom is 0.118 e. The van der Waals surface area contributed by atoms with Crippen molar-refractivity contribution >= 4 is 11.6 Å². The van der Waals surface area contributed by atoms with E-state index in [1.54, 1.807) is 24.3 Å². The minimum atomic E-state index is -0.604. The summed E-state index contributed by atoms with van der Waals surface area (Å²) in [7, 11) is 0. The van der Waals surface area contributed by atoms with Crippen LogP contribution in [0.2, 0.25) is 5.02 Å². The van der Waals surface area contributed by atoms with Crippen molar-refractivity contribution in [3.8, 4) is 0 Å². The normalized spacial score (nSPS) is 13.0. The summed E-state index contributed by atoms with van der Waals surface area (Å²) >= 11 is 5.66. The fourth-order valence-electron chi connectivity index (χ4n) is 0.913. The summed E-state index contributed by atoms with van der Waals surface area (Å²) in [4.78, 5) is 0. The number of benzene rings is 1. The van der Waals surface area contributed by atoms with Crippen LogP contribution in [0.1, 0.15) is 25.0 Å². The highest BCUT2D eigenvalue weighted by atomic mass is 35.5. The molecular formula is C9H10ClO. The number of halogens is 1. The van der Waals surface area contributed by atoms with Gasteiger partial charge in [-0.25, -0.2) is 5.11 Å². The van der Waals surface area contributed by atoms with E-state index < -0.39 is 6.10 Å². The van der Waals surface area contributed by atoms with Gasteiger partial charge in [0.1, 0.15) is 6.10 Å². The van der Waals surface area contributed by atoms with Crippen molar-refractivity contribution in [2.24, 2.45) is 0 Å². The molecule has 59 valence electrons. The van der Waals surface area contributed by atoms with E-state index in [9.17, 15) is 5.11 Å². The van der Waals surface area contributed by atoms with E-state index in [1.165, 1.54) is 0 Å². The zero-order chi connectivity index (χ0) is 8.27. The van der Waals surface area contributed by atoms with Crippen LogP contribution >= 0.6 is 11.6 Å². The maximum atomic E-state index is 11.2. The van der Waals surface area contributed by atoms with E-state index in [0.29, 0.717) is 11.4 Å². The largest absolute Gasteiger partial charge is 0.228 e. The van der Waals surface area contributed by atoms with Crippen molar-refractivity contribution in [2.45, 2.75) is 19.4 Å². The van der Waals surface area contributed by atoms with E-state index >= 15 is 0 Å². The lowest BCUT2D eigenvalue weighted by atomic mass is 10.1. The average molecular weight is 170 g/mol. The summed E-state index contributed by atoms with van der Waals surface area (Å²) < 4.78 is 0. The summed E-state index contributed by atoms with van der Waals surface area (Å²) in [6.45, 7) is 1.88. The molecule has 0 saturated carbocycles. The Morgan fingerprint density at radius 1 is 1.36 bits per heavy atom. The molecule has 0 amide bonds. The lowest BCUT2D eigenvalue weighted by Crippen LogP contribution is -1.91. The van der Waals surface area contributed by atoms with Gasteiger partial charge in [-0.15, -0.1) is 0 Å². The summed E-state index contributed by atoms with van der Waals surface area (Å²) in [5, 5.41) is 11.8. The summed E-state index contributed by atoms with van der Waals surface area (Å²) in [6, 6.07) is 7.06. The quantitative estimate of drug-likeness (QED) is 0.648. The van der Waals surface area contributed by atoms with Gasteiger partial charge < -0.3 is 0 Å². The molecule has 0 heterocycles. The van der Waals surface area contributed by atoms with E-state index in [1.807, 2.05) is 6.92 Å². The Morgan fingerprint density at radius 3 is 2.36 bits per heavy atom. The highest BCUT2D eigenvalue weighted by Crippen LogP contribution is 2.18. The fourth-order valence-corrected chi connectivity index (χ4v) is 1.04. The molecule has 0 aromatic heterocycles. The Morgan fingerprint density at radius 2 is 1.91 bits per heavy atom. The minimum absolute atomic E-state index is 0.604. The van der Waals surface area contributed by atoms with Crippen molar-refractivity contribution in [2.75, 3.05) is 0 Å². The van der Waals surface area contributed by atoms with Gasteiger partial charge in [0.15, 0.2) is 0 Å². The molecular weight excluding hydrogens is 160 g/mol. The van der Waals surface area contributed by atoms with Gasteiger partial charge in [0.05, 0.1) is 0 Å². The van der Waals surface area contributed by atoms with Gasteiger partial charge in [-0.1, -0.05) is 30.7 Å². The fraction of sp³-hybridized carbons (Fsp3) is 0.333. The van der Waals surface area contributed by atoms with E-state index in [0.717, 1.165) is 5.56 Å². The molecule has 0 aliphatic rings. The van der Waals surface area contributed by atoms with Crippen molar-refractivity contribution < 1.29 is 5.11 Å². The Labute approximate surface area is 71.6 Å². The monoisotopic (exact) mass is 169 g/mol. The van der Waals surface area contributed by atoms with Crippen LogP contribution in [0.15, 0.2) is 24.3 Å². The first-order valence-electron chi connectivity index (χ1n) is 3.65. The highest BCUT2D eigenvalue weighted by molar-refractivity contribution is 6.30.